The first-order chi connectivity index (χ1) is 19.2. The Bertz CT molecular complexity index is 1410. The fourth-order valence-corrected chi connectivity index (χ4v) is 5.43. The molecule has 3 N–H and O–H groups in total. The van der Waals surface area contributed by atoms with Crippen molar-refractivity contribution >= 4 is 38.9 Å². The molecule has 0 atom stereocenters. The Hall–Kier alpha value is -3.39. The molecule has 0 aliphatic carbocycles. The Balaban J connectivity index is 1.60. The second kappa shape index (κ2) is 11.8. The van der Waals surface area contributed by atoms with E-state index >= 15 is 0 Å². The molecule has 2 saturated heterocycles. The third kappa shape index (κ3) is 7.10. The molecule has 4 rings (SSSR count). The van der Waals surface area contributed by atoms with Crippen molar-refractivity contribution in [3.63, 3.8) is 0 Å². The number of carbonyl (C=O) groups excluding carboxylic acids is 1. The SMILES string of the molecule is CC(C)(CO)S(=O)(=O)Nc1ccc(C(=O)Nc2cccc(N3CCC(F)(F)CC3)n2)c(N2CCC(=C(F)F)CC2)c1. The summed E-state index contributed by atoms with van der Waals surface area (Å²) >= 11 is 0. The average Bonchev–Trinajstić information content (AvgIpc) is 2.92. The second-order valence-corrected chi connectivity index (χ2v) is 13.1. The van der Waals surface area contributed by atoms with Gasteiger partial charge < -0.3 is 20.2 Å². The van der Waals surface area contributed by atoms with Crippen LogP contribution in [-0.4, -0.2) is 67.9 Å². The third-order valence-corrected chi connectivity index (χ3v) is 9.46. The van der Waals surface area contributed by atoms with Crippen molar-refractivity contribution in [3.05, 3.63) is 53.6 Å². The van der Waals surface area contributed by atoms with Crippen LogP contribution in [0, 0.1) is 0 Å². The van der Waals surface area contributed by atoms with Gasteiger partial charge in [0.05, 0.1) is 23.5 Å². The average molecular weight is 600 g/mol. The topological polar surface area (TPSA) is 115 Å². The van der Waals surface area contributed by atoms with Gasteiger partial charge in [-0.25, -0.2) is 22.2 Å². The van der Waals surface area contributed by atoms with Gasteiger partial charge in [-0.1, -0.05) is 6.07 Å². The molecule has 2 fully saturated rings. The van der Waals surface area contributed by atoms with E-state index in [2.05, 4.69) is 15.0 Å². The number of halogens is 4. The summed E-state index contributed by atoms with van der Waals surface area (Å²) < 4.78 is 80.0. The number of anilines is 4. The van der Waals surface area contributed by atoms with E-state index in [-0.39, 0.29) is 74.5 Å². The number of hydrogen-bond acceptors (Lipinski definition) is 7. The molecular weight excluding hydrogens is 566 g/mol. The first-order valence-corrected chi connectivity index (χ1v) is 14.7. The molecule has 2 aliphatic rings. The number of pyridine rings is 1. The van der Waals surface area contributed by atoms with Crippen LogP contribution < -0.4 is 19.8 Å². The maximum absolute atomic E-state index is 13.6. The van der Waals surface area contributed by atoms with Crippen molar-refractivity contribution in [1.82, 2.24) is 4.98 Å². The van der Waals surface area contributed by atoms with Gasteiger partial charge in [0.25, 0.3) is 17.9 Å². The largest absolute Gasteiger partial charge is 0.395 e. The van der Waals surface area contributed by atoms with Crippen LogP contribution >= 0.6 is 0 Å². The lowest BCUT2D eigenvalue weighted by atomic mass is 10.0. The number of alkyl halides is 2. The quantitative estimate of drug-likeness (QED) is 0.373. The summed E-state index contributed by atoms with van der Waals surface area (Å²) in [5.41, 5.74) is 0.660. The lowest BCUT2D eigenvalue weighted by molar-refractivity contribution is -0.0221. The molecule has 1 amide bonds. The van der Waals surface area contributed by atoms with Gasteiger partial charge in [0.15, 0.2) is 0 Å². The van der Waals surface area contributed by atoms with Crippen molar-refractivity contribution < 1.29 is 35.9 Å². The molecule has 0 spiro atoms. The molecule has 41 heavy (non-hydrogen) atoms. The number of aliphatic hydroxyl groups excluding tert-OH is 1. The fourth-order valence-electron chi connectivity index (χ4n) is 4.55. The highest BCUT2D eigenvalue weighted by atomic mass is 32.2. The predicted molar refractivity (Wildman–Crippen MR) is 149 cm³/mol. The Morgan fingerprint density at radius 1 is 1.05 bits per heavy atom. The smallest absolute Gasteiger partial charge is 0.269 e. The summed E-state index contributed by atoms with van der Waals surface area (Å²) in [7, 11) is -4.02. The van der Waals surface area contributed by atoms with Crippen LogP contribution in [0.5, 0.6) is 0 Å². The molecule has 0 radical (unpaired) electrons. The number of carbonyl (C=O) groups is 1. The molecule has 3 heterocycles. The van der Waals surface area contributed by atoms with Gasteiger partial charge in [-0.2, -0.15) is 8.78 Å². The molecule has 14 heteroatoms. The van der Waals surface area contributed by atoms with E-state index < -0.39 is 39.3 Å². The monoisotopic (exact) mass is 599 g/mol. The standard InChI is InChI=1S/C27H33F4N5O4S/c1-26(2,17-37)41(39,40)34-19-6-7-20(21(16-19)35-12-8-18(9-13-35)24(28)29)25(38)33-22-4-3-5-23(32-22)36-14-10-27(30,31)11-15-36/h3-7,16,34,37H,8-15,17H2,1-2H3,(H,32,33,38). The number of hydrogen-bond donors (Lipinski definition) is 3. The van der Waals surface area contributed by atoms with Gasteiger partial charge >= 0.3 is 0 Å². The molecular formula is C27H33F4N5O4S. The van der Waals surface area contributed by atoms with Gasteiger partial charge in [0.1, 0.15) is 16.4 Å². The summed E-state index contributed by atoms with van der Waals surface area (Å²) in [5.74, 6) is -2.65. The number of nitrogens with zero attached hydrogens (tertiary/aromatic N) is 3. The number of amides is 1. The van der Waals surface area contributed by atoms with E-state index in [0.717, 1.165) is 0 Å². The van der Waals surface area contributed by atoms with Crippen LogP contribution in [0.2, 0.25) is 0 Å². The minimum atomic E-state index is -4.02. The number of rotatable bonds is 8. The highest BCUT2D eigenvalue weighted by molar-refractivity contribution is 7.94. The molecule has 2 aromatic rings. The van der Waals surface area contributed by atoms with Crippen molar-refractivity contribution in [2.75, 3.05) is 52.6 Å². The second-order valence-electron chi connectivity index (χ2n) is 10.8. The summed E-state index contributed by atoms with van der Waals surface area (Å²) in [6, 6.07) is 9.15. The molecule has 224 valence electrons. The number of benzene rings is 1. The Labute approximate surface area is 236 Å². The molecule has 0 saturated carbocycles. The fraction of sp³-hybridized carbons (Fsp3) is 0.481. The minimum absolute atomic E-state index is 0.0327. The lowest BCUT2D eigenvalue weighted by Crippen LogP contribution is -2.40. The van der Waals surface area contributed by atoms with Gasteiger partial charge in [-0.15, -0.1) is 0 Å². The van der Waals surface area contributed by atoms with Crippen molar-refractivity contribution in [1.29, 1.82) is 0 Å². The predicted octanol–water partition coefficient (Wildman–Crippen LogP) is 4.83. The van der Waals surface area contributed by atoms with E-state index in [1.54, 1.807) is 28.0 Å². The summed E-state index contributed by atoms with van der Waals surface area (Å²) in [4.78, 5) is 21.3. The first-order valence-electron chi connectivity index (χ1n) is 13.2. The lowest BCUT2D eigenvalue weighted by Gasteiger charge is -2.32. The Morgan fingerprint density at radius 3 is 2.32 bits per heavy atom. The minimum Gasteiger partial charge on any atom is -0.395 e. The van der Waals surface area contributed by atoms with E-state index in [1.165, 1.54) is 32.0 Å². The third-order valence-electron chi connectivity index (χ3n) is 7.37. The van der Waals surface area contributed by atoms with Crippen molar-refractivity contribution in [2.45, 2.75) is 50.2 Å². The number of nitrogens with one attached hydrogen (secondary N) is 2. The number of sulfonamides is 1. The van der Waals surface area contributed by atoms with E-state index in [4.69, 9.17) is 0 Å². The van der Waals surface area contributed by atoms with Gasteiger partial charge in [-0.3, -0.25) is 9.52 Å². The molecule has 1 aromatic heterocycles. The van der Waals surface area contributed by atoms with E-state index in [1.807, 2.05) is 0 Å². The zero-order valence-electron chi connectivity index (χ0n) is 22.8. The number of aromatic nitrogens is 1. The van der Waals surface area contributed by atoms with Gasteiger partial charge in [0.2, 0.25) is 10.0 Å². The van der Waals surface area contributed by atoms with Gasteiger partial charge in [-0.05, 0) is 62.6 Å². The maximum atomic E-state index is 13.6. The number of aliphatic hydroxyl groups is 1. The molecule has 9 nitrogen and oxygen atoms in total. The van der Waals surface area contributed by atoms with Crippen LogP contribution in [0.4, 0.5) is 40.6 Å². The normalized spacial score (nSPS) is 17.8. The molecule has 0 unspecified atom stereocenters. The Morgan fingerprint density at radius 2 is 1.71 bits per heavy atom. The van der Waals surface area contributed by atoms with Gasteiger partial charge in [0, 0.05) is 39.0 Å². The van der Waals surface area contributed by atoms with E-state index in [9.17, 15) is 35.9 Å². The highest BCUT2D eigenvalue weighted by Gasteiger charge is 2.35. The van der Waals surface area contributed by atoms with Crippen LogP contribution in [0.3, 0.4) is 0 Å². The van der Waals surface area contributed by atoms with Crippen LogP contribution in [-0.2, 0) is 10.0 Å². The summed E-state index contributed by atoms with van der Waals surface area (Å²) in [5, 5.41) is 12.2. The summed E-state index contributed by atoms with van der Waals surface area (Å²) in [6.07, 6.45) is -2.15. The van der Waals surface area contributed by atoms with Crippen LogP contribution in [0.1, 0.15) is 49.9 Å². The zero-order valence-corrected chi connectivity index (χ0v) is 23.6. The van der Waals surface area contributed by atoms with Crippen LogP contribution in [0.15, 0.2) is 48.1 Å². The van der Waals surface area contributed by atoms with E-state index in [0.29, 0.717) is 11.5 Å². The highest BCUT2D eigenvalue weighted by Crippen LogP contribution is 2.33. The van der Waals surface area contributed by atoms with Crippen molar-refractivity contribution in [3.8, 4) is 0 Å². The first kappa shape index (κ1) is 30.6. The summed E-state index contributed by atoms with van der Waals surface area (Å²) in [6.45, 7) is 2.69. The molecule has 0 bridgehead atoms. The van der Waals surface area contributed by atoms with Crippen molar-refractivity contribution in [2.24, 2.45) is 0 Å². The molecule has 2 aliphatic heterocycles. The number of piperidine rings is 2. The zero-order chi connectivity index (χ0) is 30.0. The maximum Gasteiger partial charge on any atom is 0.269 e. The molecule has 1 aromatic carbocycles. The Kier molecular flexibility index (Phi) is 8.83. The van der Waals surface area contributed by atoms with Crippen LogP contribution in [0.25, 0.3) is 0 Å².